The average molecular weight is 747 g/mol. The van der Waals surface area contributed by atoms with Crippen LogP contribution in [0.5, 0.6) is 0 Å². The van der Waals surface area contributed by atoms with Crippen LogP contribution in [0.1, 0.15) is 0 Å². The lowest BCUT2D eigenvalue weighted by atomic mass is 10.1. The van der Waals surface area contributed by atoms with Gasteiger partial charge in [-0.3, -0.25) is 9.13 Å². The Labute approximate surface area is 329 Å². The van der Waals surface area contributed by atoms with Crippen molar-refractivity contribution in [3.8, 4) is 28.5 Å². The predicted octanol–water partition coefficient (Wildman–Crippen LogP) is 14.0. The highest BCUT2D eigenvalue weighted by molar-refractivity contribution is 7.26. The van der Waals surface area contributed by atoms with E-state index in [0.29, 0.717) is 0 Å². The van der Waals surface area contributed by atoms with Crippen LogP contribution in [-0.4, -0.2) is 18.7 Å². The first-order chi connectivity index (χ1) is 28.3. The summed E-state index contributed by atoms with van der Waals surface area (Å²) in [6.07, 6.45) is 0. The molecule has 0 unspecified atom stereocenters. The van der Waals surface area contributed by atoms with Gasteiger partial charge in [-0.15, -0.1) is 11.3 Å². The average Bonchev–Trinajstić information content (AvgIpc) is 4.07. The zero-order valence-corrected chi connectivity index (χ0v) is 31.2. The molecule has 6 aromatic heterocycles. The Kier molecular flexibility index (Phi) is 6.26. The number of hydrogen-bond acceptors (Lipinski definition) is 3. The molecule has 13 rings (SSSR count). The lowest BCUT2D eigenvalue weighted by molar-refractivity contribution is 0.669. The molecular weight excluding hydrogens is 717 g/mol. The van der Waals surface area contributed by atoms with Crippen molar-refractivity contribution in [2.24, 2.45) is 0 Å². The first kappa shape index (κ1) is 30.9. The topological polar surface area (TPSA) is 40.8 Å². The van der Waals surface area contributed by atoms with Gasteiger partial charge in [-0.1, -0.05) is 121 Å². The third-order valence-corrected chi connectivity index (χ3v) is 12.8. The van der Waals surface area contributed by atoms with Crippen LogP contribution < -0.4 is 0 Å². The highest BCUT2D eigenvalue weighted by atomic mass is 32.1. The van der Waals surface area contributed by atoms with E-state index in [1.165, 1.54) is 25.7 Å². The Hall–Kier alpha value is -7.41. The lowest BCUT2D eigenvalue weighted by Gasteiger charge is -2.14. The molecule has 0 aliphatic heterocycles. The maximum absolute atomic E-state index is 6.27. The molecule has 0 N–H and O–H groups in total. The summed E-state index contributed by atoms with van der Waals surface area (Å²) in [5.74, 6) is 1.75. The number of thiophene rings is 1. The molecule has 6 heterocycles. The molecule has 0 saturated heterocycles. The number of fused-ring (bicyclic) bond motifs is 13. The van der Waals surface area contributed by atoms with E-state index in [-0.39, 0.29) is 0 Å². The van der Waals surface area contributed by atoms with Crippen LogP contribution >= 0.6 is 11.3 Å². The van der Waals surface area contributed by atoms with E-state index < -0.39 is 0 Å². The van der Waals surface area contributed by atoms with Crippen molar-refractivity contribution in [1.82, 2.24) is 18.7 Å². The van der Waals surface area contributed by atoms with Gasteiger partial charge < -0.3 is 8.98 Å². The second-order valence-electron chi connectivity index (χ2n) is 14.7. The summed E-state index contributed by atoms with van der Waals surface area (Å²) in [6, 6.07) is 65.1. The number of rotatable bonds is 4. The fraction of sp³-hybridized carbons (Fsp3) is 0. The fourth-order valence-corrected chi connectivity index (χ4v) is 10.5. The summed E-state index contributed by atoms with van der Waals surface area (Å²) < 4.78 is 16.0. The molecule has 5 nitrogen and oxygen atoms in total. The summed E-state index contributed by atoms with van der Waals surface area (Å²) in [6.45, 7) is 0. The SMILES string of the molecule is c1ccc(-c2cc(-n3c4ccccc4c4sc5ccccc5c43)nc(-n3c4ccccc4c4c3c3ccccc3n4-c3ccc4oc5ccccc5c4c3)c2)cc1. The molecular formula is C51H30N4OS. The Balaban J connectivity index is 1.16. The summed E-state index contributed by atoms with van der Waals surface area (Å²) in [5.41, 5.74) is 12.0. The van der Waals surface area contributed by atoms with E-state index in [0.717, 1.165) is 88.7 Å². The van der Waals surface area contributed by atoms with Gasteiger partial charge >= 0.3 is 0 Å². The molecule has 0 aliphatic rings. The number of para-hydroxylation sites is 4. The third-order valence-electron chi connectivity index (χ3n) is 11.6. The summed E-state index contributed by atoms with van der Waals surface area (Å²) in [7, 11) is 0. The van der Waals surface area contributed by atoms with Gasteiger partial charge in [0.05, 0.1) is 37.8 Å². The molecule has 57 heavy (non-hydrogen) atoms. The van der Waals surface area contributed by atoms with Crippen LogP contribution in [0.25, 0.3) is 114 Å². The molecule has 0 radical (unpaired) electrons. The summed E-state index contributed by atoms with van der Waals surface area (Å²) in [5, 5.41) is 7.01. The highest BCUT2D eigenvalue weighted by Gasteiger charge is 2.25. The molecule has 0 aliphatic carbocycles. The van der Waals surface area contributed by atoms with Crippen molar-refractivity contribution in [3.05, 3.63) is 182 Å². The first-order valence-electron chi connectivity index (χ1n) is 19.2. The van der Waals surface area contributed by atoms with Crippen LogP contribution in [0.4, 0.5) is 0 Å². The van der Waals surface area contributed by atoms with Gasteiger partial charge in [0.2, 0.25) is 0 Å². The van der Waals surface area contributed by atoms with Crippen molar-refractivity contribution in [3.63, 3.8) is 0 Å². The molecule has 266 valence electrons. The number of aromatic nitrogens is 4. The van der Waals surface area contributed by atoms with Gasteiger partial charge in [0.1, 0.15) is 22.8 Å². The summed E-state index contributed by atoms with van der Waals surface area (Å²) in [4.78, 5) is 5.70. The van der Waals surface area contributed by atoms with Crippen LogP contribution in [0.15, 0.2) is 186 Å². The smallest absolute Gasteiger partial charge is 0.140 e. The monoisotopic (exact) mass is 746 g/mol. The molecule has 0 saturated carbocycles. The molecule has 7 aromatic carbocycles. The second-order valence-corrected chi connectivity index (χ2v) is 15.8. The molecule has 0 bridgehead atoms. The normalized spacial score (nSPS) is 12.2. The summed E-state index contributed by atoms with van der Waals surface area (Å²) >= 11 is 1.85. The maximum atomic E-state index is 6.27. The quantitative estimate of drug-likeness (QED) is 0.180. The molecule has 13 aromatic rings. The van der Waals surface area contributed by atoms with E-state index in [1.807, 2.05) is 23.5 Å². The minimum atomic E-state index is 0.863. The molecule has 0 amide bonds. The van der Waals surface area contributed by atoms with Crippen LogP contribution in [-0.2, 0) is 0 Å². The van der Waals surface area contributed by atoms with E-state index in [9.17, 15) is 0 Å². The van der Waals surface area contributed by atoms with E-state index in [2.05, 4.69) is 184 Å². The standard InChI is InChI=1S/C51H30N4OS/c1-2-14-31(15-3-1)32-28-46(52-47(29-32)55-42-23-11-6-19-37(42)51-50(55)38-20-8-13-25-45(38)57-51)54-41-22-10-5-18-36(41)48-49(54)35-17-4-9-21-40(35)53(48)33-26-27-44-39(30-33)34-16-7-12-24-43(34)56-44/h1-30H. The van der Waals surface area contributed by atoms with Crippen LogP contribution in [0.3, 0.4) is 0 Å². The van der Waals surface area contributed by atoms with Gasteiger partial charge in [-0.05, 0) is 71.8 Å². The molecule has 0 fully saturated rings. The van der Waals surface area contributed by atoms with Gasteiger partial charge in [-0.25, -0.2) is 4.98 Å². The number of benzene rings is 7. The van der Waals surface area contributed by atoms with E-state index >= 15 is 0 Å². The largest absolute Gasteiger partial charge is 0.456 e. The van der Waals surface area contributed by atoms with Crippen LogP contribution in [0.2, 0.25) is 0 Å². The Morgan fingerprint density at radius 1 is 0.386 bits per heavy atom. The second kappa shape index (κ2) is 11.6. The van der Waals surface area contributed by atoms with Crippen LogP contribution in [0, 0.1) is 0 Å². The van der Waals surface area contributed by atoms with Gasteiger partial charge in [0, 0.05) is 42.7 Å². The van der Waals surface area contributed by atoms with Crippen molar-refractivity contribution in [2.45, 2.75) is 0 Å². The Morgan fingerprint density at radius 2 is 0.930 bits per heavy atom. The molecule has 0 atom stereocenters. The van der Waals surface area contributed by atoms with Gasteiger partial charge in [0.25, 0.3) is 0 Å². The van der Waals surface area contributed by atoms with Crippen molar-refractivity contribution in [1.29, 1.82) is 0 Å². The number of hydrogen-bond donors (Lipinski definition) is 0. The minimum Gasteiger partial charge on any atom is -0.456 e. The fourth-order valence-electron chi connectivity index (χ4n) is 9.23. The zero-order chi connectivity index (χ0) is 37.2. The third kappa shape index (κ3) is 4.30. The Bertz CT molecular complexity index is 3750. The van der Waals surface area contributed by atoms with Crippen molar-refractivity contribution < 1.29 is 4.42 Å². The first-order valence-corrected chi connectivity index (χ1v) is 20.0. The van der Waals surface area contributed by atoms with Gasteiger partial charge in [-0.2, -0.15) is 0 Å². The number of furan rings is 1. The number of pyridine rings is 1. The zero-order valence-electron chi connectivity index (χ0n) is 30.4. The lowest BCUT2D eigenvalue weighted by Crippen LogP contribution is -2.04. The number of nitrogens with zero attached hydrogens (tertiary/aromatic N) is 4. The van der Waals surface area contributed by atoms with Crippen molar-refractivity contribution in [2.75, 3.05) is 0 Å². The highest BCUT2D eigenvalue weighted by Crippen LogP contribution is 2.45. The van der Waals surface area contributed by atoms with Crippen molar-refractivity contribution >= 4 is 97.3 Å². The maximum Gasteiger partial charge on any atom is 0.140 e. The molecule has 0 spiro atoms. The van der Waals surface area contributed by atoms with Gasteiger partial charge in [0.15, 0.2) is 0 Å². The Morgan fingerprint density at radius 3 is 1.68 bits per heavy atom. The molecule has 6 heteroatoms. The minimum absolute atomic E-state index is 0.863. The van der Waals surface area contributed by atoms with E-state index in [4.69, 9.17) is 9.40 Å². The predicted molar refractivity (Wildman–Crippen MR) is 238 cm³/mol. The van der Waals surface area contributed by atoms with E-state index in [1.54, 1.807) is 0 Å².